The summed E-state index contributed by atoms with van der Waals surface area (Å²) >= 11 is 0. The van der Waals surface area contributed by atoms with Crippen LogP contribution in [0.1, 0.15) is 6.92 Å². The summed E-state index contributed by atoms with van der Waals surface area (Å²) in [5.74, 6) is 0.0467. The predicted octanol–water partition coefficient (Wildman–Crippen LogP) is 0.0903. The Balaban J connectivity index is 3.26. The zero-order valence-corrected chi connectivity index (χ0v) is 4.35. The highest BCUT2D eigenvalue weighted by Crippen LogP contribution is 1.69. The van der Waals surface area contributed by atoms with Crippen molar-refractivity contribution in [2.75, 3.05) is 6.54 Å². The molecule has 0 amide bonds. The zero-order chi connectivity index (χ0) is 5.70. The summed E-state index contributed by atoms with van der Waals surface area (Å²) in [6.07, 6.45) is 3.09. The van der Waals surface area contributed by atoms with Crippen molar-refractivity contribution in [2.45, 2.75) is 6.92 Å². The van der Waals surface area contributed by atoms with Crippen LogP contribution in [0.15, 0.2) is 12.2 Å². The molecule has 0 atom stereocenters. The van der Waals surface area contributed by atoms with Crippen LogP contribution in [0.2, 0.25) is 0 Å². The van der Waals surface area contributed by atoms with E-state index in [1.165, 1.54) is 13.0 Å². The molecule has 2 heteroatoms. The molecule has 0 unspecified atom stereocenters. The van der Waals surface area contributed by atoms with Crippen LogP contribution in [-0.2, 0) is 4.79 Å². The molecule has 0 heterocycles. The van der Waals surface area contributed by atoms with Crippen LogP contribution in [0.5, 0.6) is 0 Å². The first-order valence-corrected chi connectivity index (χ1v) is 2.14. The standard InChI is InChI=1S/C5H9NO/c1-5(7)3-2-4-6/h2-3H,4,6H2,1H3/b3-2+. The van der Waals surface area contributed by atoms with Crippen LogP contribution in [0.3, 0.4) is 0 Å². The van der Waals surface area contributed by atoms with Gasteiger partial charge in [0.05, 0.1) is 0 Å². The molecule has 0 aromatic heterocycles. The number of hydrogen-bond acceptors (Lipinski definition) is 2. The monoisotopic (exact) mass is 99.1 g/mol. The summed E-state index contributed by atoms with van der Waals surface area (Å²) in [7, 11) is 0. The molecule has 0 bridgehead atoms. The molecular weight excluding hydrogens is 90.1 g/mol. The maximum atomic E-state index is 10.1. The van der Waals surface area contributed by atoms with Gasteiger partial charge in [0.15, 0.2) is 5.78 Å². The smallest absolute Gasteiger partial charge is 0.152 e. The molecule has 0 radical (unpaired) electrons. The van der Waals surface area contributed by atoms with Crippen LogP contribution in [0.4, 0.5) is 0 Å². The molecule has 0 fully saturated rings. The van der Waals surface area contributed by atoms with E-state index in [-0.39, 0.29) is 5.78 Å². The Labute approximate surface area is 43.0 Å². The van der Waals surface area contributed by atoms with Gasteiger partial charge in [0, 0.05) is 6.54 Å². The van der Waals surface area contributed by atoms with E-state index in [1.807, 2.05) is 0 Å². The van der Waals surface area contributed by atoms with Gasteiger partial charge in [-0.05, 0) is 13.0 Å². The largest absolute Gasteiger partial charge is 0.327 e. The van der Waals surface area contributed by atoms with Gasteiger partial charge in [-0.2, -0.15) is 0 Å². The maximum absolute atomic E-state index is 10.1. The number of carbonyl (C=O) groups is 1. The molecule has 7 heavy (non-hydrogen) atoms. The van der Waals surface area contributed by atoms with Crippen LogP contribution >= 0.6 is 0 Å². The summed E-state index contributed by atoms with van der Waals surface area (Å²) < 4.78 is 0. The van der Waals surface area contributed by atoms with Gasteiger partial charge < -0.3 is 5.73 Å². The van der Waals surface area contributed by atoms with Gasteiger partial charge in [0.1, 0.15) is 0 Å². The molecule has 2 nitrogen and oxygen atoms in total. The Morgan fingerprint density at radius 1 is 1.86 bits per heavy atom. The highest BCUT2D eigenvalue weighted by Gasteiger charge is 1.75. The molecule has 0 aliphatic rings. The minimum Gasteiger partial charge on any atom is -0.327 e. The lowest BCUT2D eigenvalue weighted by molar-refractivity contribution is -0.112. The van der Waals surface area contributed by atoms with E-state index >= 15 is 0 Å². The molecule has 2 N–H and O–H groups in total. The summed E-state index contributed by atoms with van der Waals surface area (Å²) in [5, 5.41) is 0. The van der Waals surface area contributed by atoms with Crippen molar-refractivity contribution in [3.05, 3.63) is 12.2 Å². The molecule has 0 aromatic rings. The second-order valence-electron chi connectivity index (χ2n) is 1.25. The number of nitrogens with two attached hydrogens (primary N) is 1. The Bertz CT molecular complexity index is 86.1. The van der Waals surface area contributed by atoms with Crippen molar-refractivity contribution in [1.29, 1.82) is 0 Å². The molecule has 0 aromatic carbocycles. The SMILES string of the molecule is CC(=O)/C=C/CN. The number of carbonyl (C=O) groups excluding carboxylic acids is 1. The van der Waals surface area contributed by atoms with Crippen molar-refractivity contribution in [1.82, 2.24) is 0 Å². The molecular formula is C5H9NO. The van der Waals surface area contributed by atoms with Crippen LogP contribution in [-0.4, -0.2) is 12.3 Å². The Hall–Kier alpha value is -0.630. The van der Waals surface area contributed by atoms with E-state index in [0.717, 1.165) is 0 Å². The lowest BCUT2D eigenvalue weighted by Gasteiger charge is -1.74. The van der Waals surface area contributed by atoms with Crippen molar-refractivity contribution in [3.63, 3.8) is 0 Å². The average Bonchev–Trinajstić information content (AvgIpc) is 1.61. The fraction of sp³-hybridized carbons (Fsp3) is 0.400. The quantitative estimate of drug-likeness (QED) is 0.498. The van der Waals surface area contributed by atoms with Gasteiger partial charge in [-0.15, -0.1) is 0 Å². The lowest BCUT2D eigenvalue weighted by Crippen LogP contribution is -1.93. The number of allylic oxidation sites excluding steroid dienone is 1. The Morgan fingerprint density at radius 2 is 2.43 bits per heavy atom. The van der Waals surface area contributed by atoms with Crippen molar-refractivity contribution < 1.29 is 4.79 Å². The molecule has 0 aliphatic carbocycles. The second kappa shape index (κ2) is 3.56. The third-order valence-corrected chi connectivity index (χ3v) is 0.489. The van der Waals surface area contributed by atoms with Crippen molar-refractivity contribution in [3.8, 4) is 0 Å². The first-order valence-electron chi connectivity index (χ1n) is 2.14. The molecule has 0 rings (SSSR count). The summed E-state index contributed by atoms with van der Waals surface area (Å²) in [6.45, 7) is 1.94. The highest BCUT2D eigenvalue weighted by molar-refractivity contribution is 5.87. The lowest BCUT2D eigenvalue weighted by atomic mass is 10.4. The van der Waals surface area contributed by atoms with E-state index < -0.39 is 0 Å². The normalized spacial score (nSPS) is 10.0. The maximum Gasteiger partial charge on any atom is 0.152 e. The van der Waals surface area contributed by atoms with Gasteiger partial charge in [0.25, 0.3) is 0 Å². The van der Waals surface area contributed by atoms with Gasteiger partial charge in [-0.1, -0.05) is 6.08 Å². The molecule has 40 valence electrons. The van der Waals surface area contributed by atoms with E-state index in [9.17, 15) is 4.79 Å². The van der Waals surface area contributed by atoms with E-state index in [1.54, 1.807) is 6.08 Å². The number of hydrogen-bond donors (Lipinski definition) is 1. The minimum absolute atomic E-state index is 0.0467. The summed E-state index contributed by atoms with van der Waals surface area (Å²) in [5.41, 5.74) is 5.04. The van der Waals surface area contributed by atoms with Gasteiger partial charge in [0.2, 0.25) is 0 Å². The van der Waals surface area contributed by atoms with Crippen LogP contribution in [0, 0.1) is 0 Å². The van der Waals surface area contributed by atoms with Gasteiger partial charge in [-0.3, -0.25) is 4.79 Å². The van der Waals surface area contributed by atoms with E-state index in [0.29, 0.717) is 6.54 Å². The summed E-state index contributed by atoms with van der Waals surface area (Å²) in [6, 6.07) is 0. The minimum atomic E-state index is 0.0467. The number of ketones is 1. The average molecular weight is 99.1 g/mol. The van der Waals surface area contributed by atoms with Crippen LogP contribution < -0.4 is 5.73 Å². The van der Waals surface area contributed by atoms with Crippen LogP contribution in [0.25, 0.3) is 0 Å². The molecule has 0 spiro atoms. The Morgan fingerprint density at radius 3 is 2.57 bits per heavy atom. The number of rotatable bonds is 2. The predicted molar refractivity (Wildman–Crippen MR) is 28.9 cm³/mol. The second-order valence-corrected chi connectivity index (χ2v) is 1.25. The van der Waals surface area contributed by atoms with Gasteiger partial charge in [-0.25, -0.2) is 0 Å². The van der Waals surface area contributed by atoms with Gasteiger partial charge >= 0.3 is 0 Å². The first-order chi connectivity index (χ1) is 3.27. The summed E-state index contributed by atoms with van der Waals surface area (Å²) in [4.78, 5) is 10.1. The highest BCUT2D eigenvalue weighted by atomic mass is 16.1. The fourth-order valence-corrected chi connectivity index (χ4v) is 0.234. The Kier molecular flexibility index (Phi) is 3.24. The fourth-order valence-electron chi connectivity index (χ4n) is 0.234. The molecule has 0 aliphatic heterocycles. The third-order valence-electron chi connectivity index (χ3n) is 0.489. The molecule has 0 saturated carbocycles. The topological polar surface area (TPSA) is 43.1 Å². The molecule has 0 saturated heterocycles. The van der Waals surface area contributed by atoms with Crippen molar-refractivity contribution >= 4 is 5.78 Å². The first kappa shape index (κ1) is 6.37. The zero-order valence-electron chi connectivity index (χ0n) is 4.35. The van der Waals surface area contributed by atoms with Crippen molar-refractivity contribution in [2.24, 2.45) is 5.73 Å². The van der Waals surface area contributed by atoms with E-state index in [4.69, 9.17) is 5.73 Å². The van der Waals surface area contributed by atoms with E-state index in [2.05, 4.69) is 0 Å². The third kappa shape index (κ3) is 5.37.